The molecule has 0 fully saturated rings. The van der Waals surface area contributed by atoms with Gasteiger partial charge >= 0.3 is 0 Å². The summed E-state index contributed by atoms with van der Waals surface area (Å²) in [5.41, 5.74) is 18.4. The van der Waals surface area contributed by atoms with Crippen LogP contribution < -0.4 is 16.8 Å². The van der Waals surface area contributed by atoms with Gasteiger partial charge in [-0.1, -0.05) is 17.3 Å². The second kappa shape index (κ2) is 9.66. The summed E-state index contributed by atoms with van der Waals surface area (Å²) in [5.74, 6) is 0.0143. The minimum Gasteiger partial charge on any atom is -0.382 e. The fourth-order valence-electron chi connectivity index (χ4n) is 4.88. The Bertz CT molecular complexity index is 1910. The third kappa shape index (κ3) is 4.41. The Kier molecular flexibility index (Phi) is 5.99. The van der Waals surface area contributed by atoms with Crippen LogP contribution in [0.2, 0.25) is 0 Å². The molecule has 40 heavy (non-hydrogen) atoms. The smallest absolute Gasteiger partial charge is 0.257 e. The van der Waals surface area contributed by atoms with Crippen molar-refractivity contribution < 1.29 is 14.1 Å². The van der Waals surface area contributed by atoms with Crippen LogP contribution in [0.3, 0.4) is 0 Å². The van der Waals surface area contributed by atoms with Gasteiger partial charge in [0.25, 0.3) is 5.91 Å². The number of aromatic amines is 1. The molecule has 200 valence electrons. The number of anilines is 1. The van der Waals surface area contributed by atoms with Crippen molar-refractivity contribution in [1.82, 2.24) is 35.0 Å². The van der Waals surface area contributed by atoms with Gasteiger partial charge in [-0.15, -0.1) is 0 Å². The summed E-state index contributed by atoms with van der Waals surface area (Å²) in [7, 11) is 0. The van der Waals surface area contributed by atoms with Gasteiger partial charge in [0.15, 0.2) is 11.5 Å². The van der Waals surface area contributed by atoms with Crippen molar-refractivity contribution in [3.8, 4) is 11.1 Å². The molecular weight excluding hydrogens is 510 g/mol. The fraction of sp³-hybridized carbons (Fsp3) is 0.143. The number of primary amides is 1. The van der Waals surface area contributed by atoms with Crippen LogP contribution >= 0.6 is 0 Å². The highest BCUT2D eigenvalue weighted by molar-refractivity contribution is 5.96. The molecule has 2 aromatic carbocycles. The second-order valence-electron chi connectivity index (χ2n) is 9.52. The number of aromatic nitrogens is 6. The summed E-state index contributed by atoms with van der Waals surface area (Å²) in [5, 5.41) is 7.73. The van der Waals surface area contributed by atoms with E-state index in [4.69, 9.17) is 16.0 Å². The lowest BCUT2D eigenvalue weighted by Gasteiger charge is -2.10. The van der Waals surface area contributed by atoms with E-state index in [1.54, 1.807) is 38.4 Å². The minimum atomic E-state index is -0.497. The molecule has 0 aliphatic heterocycles. The lowest BCUT2D eigenvalue weighted by Crippen LogP contribution is -2.23. The standard InChI is InChI=1S/C28H25N9O3/c1-14-22(15(2)40-36-14)28(39)31-10-21-9-19-7-18(16-4-3-5-17(6-16)26(30)38)8-20(23(19)35-21)11-37-13-34-24-25(29)32-12-33-27(24)37/h3-9,12-13,35H,10-11H2,1-2H3,(H2,30,38)(H,31,39)(H2,29,32,33). The molecule has 0 spiro atoms. The lowest BCUT2D eigenvalue weighted by atomic mass is 9.98. The second-order valence-corrected chi connectivity index (χ2v) is 9.52. The van der Waals surface area contributed by atoms with E-state index in [2.05, 4.69) is 30.4 Å². The molecule has 0 radical (unpaired) electrons. The summed E-state index contributed by atoms with van der Waals surface area (Å²) >= 11 is 0. The first-order valence-electron chi connectivity index (χ1n) is 12.5. The molecule has 12 nitrogen and oxygen atoms in total. The van der Waals surface area contributed by atoms with E-state index in [9.17, 15) is 9.59 Å². The van der Waals surface area contributed by atoms with Gasteiger partial charge < -0.3 is 30.9 Å². The first-order valence-corrected chi connectivity index (χ1v) is 12.5. The number of rotatable bonds is 7. The van der Waals surface area contributed by atoms with Crippen LogP contribution in [0.1, 0.15) is 43.4 Å². The van der Waals surface area contributed by atoms with Crippen molar-refractivity contribution in [2.45, 2.75) is 26.9 Å². The molecule has 0 atom stereocenters. The molecule has 0 aliphatic carbocycles. The molecular formula is C28H25N9O3. The fourth-order valence-corrected chi connectivity index (χ4v) is 4.88. The Morgan fingerprint density at radius 2 is 1.93 bits per heavy atom. The number of carbonyl (C=O) groups is 2. The summed E-state index contributed by atoms with van der Waals surface area (Å²) in [6, 6.07) is 13.2. The Morgan fingerprint density at radius 3 is 2.70 bits per heavy atom. The third-order valence-corrected chi connectivity index (χ3v) is 6.82. The summed E-state index contributed by atoms with van der Waals surface area (Å²) in [6.07, 6.45) is 3.08. The van der Waals surface area contributed by atoms with Crippen molar-refractivity contribution in [3.63, 3.8) is 0 Å². The van der Waals surface area contributed by atoms with Crippen molar-refractivity contribution in [1.29, 1.82) is 0 Å². The first-order chi connectivity index (χ1) is 19.3. The van der Waals surface area contributed by atoms with Gasteiger partial charge in [-0.05, 0) is 60.9 Å². The molecule has 4 aromatic heterocycles. The number of nitrogens with zero attached hydrogens (tertiary/aromatic N) is 5. The van der Waals surface area contributed by atoms with Crippen molar-refractivity contribution in [3.05, 3.63) is 89.0 Å². The number of nitrogens with one attached hydrogen (secondary N) is 2. The molecule has 0 saturated heterocycles. The van der Waals surface area contributed by atoms with Crippen LogP contribution in [0.5, 0.6) is 0 Å². The van der Waals surface area contributed by atoms with Gasteiger partial charge in [0.2, 0.25) is 5.91 Å². The Balaban J connectivity index is 1.40. The van der Waals surface area contributed by atoms with Crippen LogP contribution in [0.4, 0.5) is 5.82 Å². The quantitative estimate of drug-likeness (QED) is 0.240. The summed E-state index contributed by atoms with van der Waals surface area (Å²) < 4.78 is 7.02. The largest absolute Gasteiger partial charge is 0.382 e. The highest BCUT2D eigenvalue weighted by Gasteiger charge is 2.18. The topological polar surface area (TPSA) is 184 Å². The monoisotopic (exact) mass is 535 g/mol. The van der Waals surface area contributed by atoms with E-state index in [-0.39, 0.29) is 12.5 Å². The van der Waals surface area contributed by atoms with E-state index in [0.717, 1.165) is 33.3 Å². The number of nitrogens with two attached hydrogens (primary N) is 2. The maximum Gasteiger partial charge on any atom is 0.257 e. The van der Waals surface area contributed by atoms with Gasteiger partial charge in [0, 0.05) is 16.6 Å². The van der Waals surface area contributed by atoms with Gasteiger partial charge in [0.1, 0.15) is 23.2 Å². The molecule has 6 rings (SSSR count). The van der Waals surface area contributed by atoms with Gasteiger partial charge in [-0.2, -0.15) is 0 Å². The van der Waals surface area contributed by atoms with E-state index < -0.39 is 5.91 Å². The average molecular weight is 536 g/mol. The molecule has 4 heterocycles. The number of imidazole rings is 1. The average Bonchev–Trinajstić information content (AvgIpc) is 3.64. The number of hydrogen-bond donors (Lipinski definition) is 4. The van der Waals surface area contributed by atoms with Crippen LogP contribution in [-0.4, -0.2) is 41.5 Å². The zero-order chi connectivity index (χ0) is 28.0. The lowest BCUT2D eigenvalue weighted by molar-refractivity contribution is 0.0947. The predicted molar refractivity (Wildman–Crippen MR) is 148 cm³/mol. The highest BCUT2D eigenvalue weighted by Crippen LogP contribution is 2.30. The zero-order valence-corrected chi connectivity index (χ0v) is 21.7. The highest BCUT2D eigenvalue weighted by atomic mass is 16.5. The summed E-state index contributed by atoms with van der Waals surface area (Å²) in [4.78, 5) is 40.9. The van der Waals surface area contributed by atoms with Crippen LogP contribution in [0.15, 0.2) is 59.6 Å². The van der Waals surface area contributed by atoms with Crippen LogP contribution in [-0.2, 0) is 13.1 Å². The number of aryl methyl sites for hydroxylation is 2. The maximum absolute atomic E-state index is 12.8. The molecule has 2 amide bonds. The Morgan fingerprint density at radius 1 is 1.07 bits per heavy atom. The molecule has 0 unspecified atom stereocenters. The van der Waals surface area contributed by atoms with E-state index >= 15 is 0 Å². The normalized spacial score (nSPS) is 11.3. The molecule has 6 aromatic rings. The van der Waals surface area contributed by atoms with E-state index in [0.29, 0.717) is 46.1 Å². The molecule has 0 aliphatic rings. The third-order valence-electron chi connectivity index (χ3n) is 6.82. The summed E-state index contributed by atoms with van der Waals surface area (Å²) in [6.45, 7) is 4.13. The van der Waals surface area contributed by atoms with Crippen LogP contribution in [0, 0.1) is 13.8 Å². The Labute approximate surface area is 227 Å². The van der Waals surface area contributed by atoms with Gasteiger partial charge in [-0.25, -0.2) is 15.0 Å². The zero-order valence-electron chi connectivity index (χ0n) is 21.7. The maximum atomic E-state index is 12.8. The molecule has 0 bridgehead atoms. The van der Waals surface area contributed by atoms with E-state index in [1.165, 1.54) is 6.33 Å². The van der Waals surface area contributed by atoms with Gasteiger partial charge in [-0.3, -0.25) is 9.59 Å². The number of hydrogen-bond acceptors (Lipinski definition) is 8. The SMILES string of the molecule is Cc1noc(C)c1C(=O)NCc1cc2cc(-c3cccc(C(N)=O)c3)cc(Cn3cnc4c(N)ncnc43)c2[nH]1. The molecule has 6 N–H and O–H groups in total. The molecule has 12 heteroatoms. The number of amides is 2. The minimum absolute atomic E-state index is 0.263. The van der Waals surface area contributed by atoms with Crippen molar-refractivity contribution in [2.24, 2.45) is 5.73 Å². The predicted octanol–water partition coefficient (Wildman–Crippen LogP) is 3.24. The van der Waals surface area contributed by atoms with Crippen LogP contribution in [0.25, 0.3) is 33.2 Å². The molecule has 0 saturated carbocycles. The first kappa shape index (κ1) is 24.8. The Hall–Kier alpha value is -5.52. The number of carbonyl (C=O) groups excluding carboxylic acids is 2. The van der Waals surface area contributed by atoms with Crippen molar-refractivity contribution in [2.75, 3.05) is 5.73 Å². The number of nitrogen functional groups attached to an aromatic ring is 1. The number of fused-ring (bicyclic) bond motifs is 2. The van der Waals surface area contributed by atoms with Gasteiger partial charge in [0.05, 0.1) is 30.6 Å². The number of H-pyrrole nitrogens is 1. The van der Waals surface area contributed by atoms with E-state index in [1.807, 2.05) is 28.8 Å². The van der Waals surface area contributed by atoms with Crippen molar-refractivity contribution >= 4 is 39.7 Å². The number of benzene rings is 2.